The van der Waals surface area contributed by atoms with Crippen LogP contribution in [0.2, 0.25) is 0 Å². The summed E-state index contributed by atoms with van der Waals surface area (Å²) >= 11 is 0. The molecule has 0 saturated carbocycles. The molecule has 5 heteroatoms. The molecule has 0 spiro atoms. The summed E-state index contributed by atoms with van der Waals surface area (Å²) in [5.74, 6) is 2.49. The van der Waals surface area contributed by atoms with Crippen LogP contribution in [-0.2, 0) is 6.54 Å². The molecule has 2 atom stereocenters. The van der Waals surface area contributed by atoms with Crippen LogP contribution >= 0.6 is 0 Å². The fourth-order valence-electron chi connectivity index (χ4n) is 3.65. The Morgan fingerprint density at radius 2 is 2.12 bits per heavy atom. The van der Waals surface area contributed by atoms with E-state index in [1.807, 2.05) is 13.0 Å². The minimum atomic E-state index is 0.245. The zero-order chi connectivity index (χ0) is 17.1. The van der Waals surface area contributed by atoms with Gasteiger partial charge in [-0.1, -0.05) is 18.2 Å². The number of aryl methyl sites for hydroxylation is 2. The molecule has 1 aromatic carbocycles. The van der Waals surface area contributed by atoms with Crippen molar-refractivity contribution in [1.29, 1.82) is 0 Å². The summed E-state index contributed by atoms with van der Waals surface area (Å²) < 4.78 is 8.12. The van der Waals surface area contributed by atoms with Crippen molar-refractivity contribution in [2.45, 2.75) is 25.9 Å². The fourth-order valence-corrected chi connectivity index (χ4v) is 3.65. The highest BCUT2D eigenvalue weighted by Gasteiger charge is 2.29. The highest BCUT2D eigenvalue weighted by atomic mass is 16.3. The molecule has 1 fully saturated rings. The van der Waals surface area contributed by atoms with Gasteiger partial charge in [0.25, 0.3) is 0 Å². The van der Waals surface area contributed by atoms with Gasteiger partial charge in [0.2, 0.25) is 0 Å². The summed E-state index contributed by atoms with van der Waals surface area (Å²) in [5, 5.41) is 4.92. The number of para-hydroxylation sites is 1. The average Bonchev–Trinajstić information content (AvgIpc) is 3.34. The van der Waals surface area contributed by atoms with Gasteiger partial charge in [0.05, 0.1) is 6.04 Å². The Kier molecular flexibility index (Phi) is 4.88. The van der Waals surface area contributed by atoms with Gasteiger partial charge in [-0.15, -0.1) is 0 Å². The Labute approximate surface area is 148 Å². The Morgan fingerprint density at radius 3 is 3.00 bits per heavy atom. The Balaban J connectivity index is 1.24. The summed E-state index contributed by atoms with van der Waals surface area (Å²) in [7, 11) is 0. The number of fused-ring (bicyclic) bond motifs is 1. The van der Waals surface area contributed by atoms with E-state index >= 15 is 0 Å². The minimum absolute atomic E-state index is 0.245. The van der Waals surface area contributed by atoms with Crippen LogP contribution in [0.4, 0.5) is 0 Å². The van der Waals surface area contributed by atoms with Crippen LogP contribution < -0.4 is 16.2 Å². The standard InChI is InChI=1S/C20H26N4O/c1-15-7-8-19(25-15)20-17(14-22-23-20)13-21-10-4-11-24-12-9-16-5-2-3-6-18(16)24/h2-3,5-9,12,17,20-23H,4,10-11,13-14H2,1H3. The minimum Gasteiger partial charge on any atom is -0.465 e. The van der Waals surface area contributed by atoms with Crippen LogP contribution in [0.5, 0.6) is 0 Å². The lowest BCUT2D eigenvalue weighted by Crippen LogP contribution is -2.29. The first-order valence-corrected chi connectivity index (χ1v) is 9.10. The van der Waals surface area contributed by atoms with Gasteiger partial charge in [-0.2, -0.15) is 0 Å². The third-order valence-electron chi connectivity index (χ3n) is 5.00. The van der Waals surface area contributed by atoms with E-state index in [1.54, 1.807) is 0 Å². The number of aromatic nitrogens is 1. The molecule has 2 aromatic heterocycles. The summed E-state index contributed by atoms with van der Waals surface area (Å²) in [6.07, 6.45) is 3.31. The largest absolute Gasteiger partial charge is 0.465 e. The van der Waals surface area contributed by atoms with Crippen molar-refractivity contribution in [3.8, 4) is 0 Å². The first-order chi connectivity index (χ1) is 12.3. The van der Waals surface area contributed by atoms with Crippen molar-refractivity contribution in [3.05, 3.63) is 60.2 Å². The maximum absolute atomic E-state index is 5.78. The molecule has 4 rings (SSSR count). The molecule has 3 N–H and O–H groups in total. The smallest absolute Gasteiger partial charge is 0.122 e. The van der Waals surface area contributed by atoms with Gasteiger partial charge >= 0.3 is 0 Å². The number of hydrogen-bond donors (Lipinski definition) is 3. The van der Waals surface area contributed by atoms with E-state index in [1.165, 1.54) is 10.9 Å². The molecule has 0 amide bonds. The van der Waals surface area contributed by atoms with Crippen molar-refractivity contribution >= 4 is 10.9 Å². The number of nitrogens with one attached hydrogen (secondary N) is 3. The van der Waals surface area contributed by atoms with Crippen molar-refractivity contribution < 1.29 is 4.42 Å². The van der Waals surface area contributed by atoms with Crippen molar-refractivity contribution in [1.82, 2.24) is 20.7 Å². The van der Waals surface area contributed by atoms with Crippen LogP contribution in [0.1, 0.15) is 24.0 Å². The summed E-state index contributed by atoms with van der Waals surface area (Å²) in [4.78, 5) is 0. The molecule has 25 heavy (non-hydrogen) atoms. The van der Waals surface area contributed by atoms with Crippen molar-refractivity contribution in [3.63, 3.8) is 0 Å². The van der Waals surface area contributed by atoms with Gasteiger partial charge in [0.15, 0.2) is 0 Å². The molecule has 5 nitrogen and oxygen atoms in total. The van der Waals surface area contributed by atoms with E-state index in [4.69, 9.17) is 4.42 Å². The predicted molar refractivity (Wildman–Crippen MR) is 100 cm³/mol. The number of benzene rings is 1. The maximum Gasteiger partial charge on any atom is 0.122 e. The molecule has 3 heterocycles. The second kappa shape index (κ2) is 7.44. The highest BCUT2D eigenvalue weighted by Crippen LogP contribution is 2.25. The number of nitrogens with zero attached hydrogens (tertiary/aromatic N) is 1. The molecular weight excluding hydrogens is 312 g/mol. The average molecular weight is 338 g/mol. The number of hydrazine groups is 1. The van der Waals surface area contributed by atoms with Crippen LogP contribution in [0.3, 0.4) is 0 Å². The second-order valence-corrected chi connectivity index (χ2v) is 6.84. The molecular formula is C20H26N4O. The van der Waals surface area contributed by atoms with Crippen LogP contribution in [0, 0.1) is 12.8 Å². The van der Waals surface area contributed by atoms with E-state index in [-0.39, 0.29) is 6.04 Å². The molecule has 0 radical (unpaired) electrons. The van der Waals surface area contributed by atoms with Gasteiger partial charge in [-0.05, 0) is 49.5 Å². The van der Waals surface area contributed by atoms with Gasteiger partial charge in [-0.3, -0.25) is 5.43 Å². The van der Waals surface area contributed by atoms with E-state index in [9.17, 15) is 0 Å². The monoisotopic (exact) mass is 338 g/mol. The molecule has 0 aliphatic carbocycles. The normalized spacial score (nSPS) is 20.5. The molecule has 1 aliphatic heterocycles. The van der Waals surface area contributed by atoms with Crippen molar-refractivity contribution in [2.24, 2.45) is 5.92 Å². The summed E-state index contributed by atoms with van der Waals surface area (Å²) in [6, 6.07) is 15.1. The molecule has 1 saturated heterocycles. The number of hydrogen-bond acceptors (Lipinski definition) is 4. The lowest BCUT2D eigenvalue weighted by molar-refractivity contribution is 0.359. The molecule has 132 valence electrons. The van der Waals surface area contributed by atoms with Gasteiger partial charge in [0, 0.05) is 37.3 Å². The third kappa shape index (κ3) is 3.63. The maximum atomic E-state index is 5.78. The van der Waals surface area contributed by atoms with Crippen LogP contribution in [-0.4, -0.2) is 24.2 Å². The second-order valence-electron chi connectivity index (χ2n) is 6.84. The quantitative estimate of drug-likeness (QED) is 0.580. The Morgan fingerprint density at radius 1 is 1.20 bits per heavy atom. The lowest BCUT2D eigenvalue weighted by atomic mass is 10.00. The Bertz CT molecular complexity index is 822. The zero-order valence-corrected chi connectivity index (χ0v) is 14.7. The molecule has 1 aliphatic rings. The summed E-state index contributed by atoms with van der Waals surface area (Å²) in [5.41, 5.74) is 7.91. The van der Waals surface area contributed by atoms with Crippen molar-refractivity contribution in [2.75, 3.05) is 19.6 Å². The first kappa shape index (κ1) is 16.4. The van der Waals surface area contributed by atoms with E-state index in [2.05, 4.69) is 63.3 Å². The number of furan rings is 1. The molecule has 3 aromatic rings. The molecule has 0 bridgehead atoms. The van der Waals surface area contributed by atoms with Gasteiger partial charge in [0.1, 0.15) is 11.5 Å². The number of rotatable bonds is 7. The highest BCUT2D eigenvalue weighted by molar-refractivity contribution is 5.79. The van der Waals surface area contributed by atoms with Crippen LogP contribution in [0.15, 0.2) is 53.1 Å². The fraction of sp³-hybridized carbons (Fsp3) is 0.400. The first-order valence-electron chi connectivity index (χ1n) is 9.10. The van der Waals surface area contributed by atoms with Gasteiger partial charge < -0.3 is 14.3 Å². The Hall–Kier alpha value is -2.08. The zero-order valence-electron chi connectivity index (χ0n) is 14.7. The predicted octanol–water partition coefficient (Wildman–Crippen LogP) is 2.99. The molecule has 2 unspecified atom stereocenters. The third-order valence-corrected chi connectivity index (χ3v) is 5.00. The van der Waals surface area contributed by atoms with Crippen LogP contribution in [0.25, 0.3) is 10.9 Å². The SMILES string of the molecule is Cc1ccc(C2NNCC2CNCCCn2ccc3ccccc32)o1. The van der Waals surface area contributed by atoms with E-state index < -0.39 is 0 Å². The lowest BCUT2D eigenvalue weighted by Gasteiger charge is -2.17. The van der Waals surface area contributed by atoms with E-state index in [0.717, 1.165) is 44.1 Å². The van der Waals surface area contributed by atoms with Gasteiger partial charge in [-0.25, -0.2) is 5.43 Å². The van der Waals surface area contributed by atoms with E-state index in [0.29, 0.717) is 5.92 Å². The summed E-state index contributed by atoms with van der Waals surface area (Å²) in [6.45, 7) is 6.00. The topological polar surface area (TPSA) is 54.2 Å².